The quantitative estimate of drug-likeness (QED) is 0.745. The molecule has 0 atom stereocenters. The summed E-state index contributed by atoms with van der Waals surface area (Å²) in [6.45, 7) is 7.97. The average Bonchev–Trinajstić information content (AvgIpc) is 2.26. The summed E-state index contributed by atoms with van der Waals surface area (Å²) in [5.41, 5.74) is 7.71. The van der Waals surface area contributed by atoms with E-state index in [1.165, 1.54) is 0 Å². The van der Waals surface area contributed by atoms with Gasteiger partial charge in [-0.2, -0.15) is 0 Å². The maximum absolute atomic E-state index is 11.8. The molecule has 18 heavy (non-hydrogen) atoms. The molecule has 1 rings (SSSR count). The molecule has 0 radical (unpaired) electrons. The van der Waals surface area contributed by atoms with Gasteiger partial charge in [0.05, 0.1) is 6.54 Å². The Balaban J connectivity index is 2.89. The van der Waals surface area contributed by atoms with Gasteiger partial charge in [-0.25, -0.2) is 0 Å². The normalized spacial score (nSPS) is 10.5. The van der Waals surface area contributed by atoms with Crippen molar-refractivity contribution in [2.24, 2.45) is 11.1 Å². The Labute approximate surface area is 109 Å². The van der Waals surface area contributed by atoms with Gasteiger partial charge in [-0.3, -0.25) is 4.79 Å². The summed E-state index contributed by atoms with van der Waals surface area (Å²) < 4.78 is 0. The maximum atomic E-state index is 11.8. The first kappa shape index (κ1) is 14.3. The minimum atomic E-state index is -0.397. The standard InChI is InChI=1S/C15H20N2O/c1-11-10-13(17-14(18)15(2,3)4)8-7-12(11)6-5-9-16/h7-8,10H,9,16H2,1-4H3,(H,17,18). The first-order chi connectivity index (χ1) is 8.34. The first-order valence-corrected chi connectivity index (χ1v) is 5.95. The number of carbonyl (C=O) groups is 1. The highest BCUT2D eigenvalue weighted by Crippen LogP contribution is 2.19. The van der Waals surface area contributed by atoms with Crippen molar-refractivity contribution in [2.45, 2.75) is 27.7 Å². The van der Waals surface area contributed by atoms with Crippen molar-refractivity contribution in [1.29, 1.82) is 0 Å². The molecule has 3 N–H and O–H groups in total. The molecule has 0 aliphatic rings. The summed E-state index contributed by atoms with van der Waals surface area (Å²) in [6.07, 6.45) is 0. The van der Waals surface area contributed by atoms with Crippen LogP contribution in [0.25, 0.3) is 0 Å². The van der Waals surface area contributed by atoms with Gasteiger partial charge in [-0.1, -0.05) is 32.6 Å². The molecule has 1 aromatic rings. The predicted molar refractivity (Wildman–Crippen MR) is 75.2 cm³/mol. The molecule has 0 unspecified atom stereocenters. The molecule has 0 fully saturated rings. The van der Waals surface area contributed by atoms with E-state index in [0.29, 0.717) is 6.54 Å². The molecule has 0 saturated heterocycles. The number of hydrogen-bond donors (Lipinski definition) is 2. The van der Waals surface area contributed by atoms with Crippen LogP contribution in [0.3, 0.4) is 0 Å². The molecular formula is C15H20N2O. The van der Waals surface area contributed by atoms with Crippen molar-refractivity contribution in [3.63, 3.8) is 0 Å². The zero-order chi connectivity index (χ0) is 13.8. The third-order valence-electron chi connectivity index (χ3n) is 2.49. The van der Waals surface area contributed by atoms with E-state index in [0.717, 1.165) is 16.8 Å². The lowest BCUT2D eigenvalue weighted by molar-refractivity contribution is -0.123. The van der Waals surface area contributed by atoms with Crippen LogP contribution in [0.15, 0.2) is 18.2 Å². The van der Waals surface area contributed by atoms with Crippen molar-refractivity contribution < 1.29 is 4.79 Å². The Bertz CT molecular complexity index is 501. The Kier molecular flexibility index (Phi) is 4.52. The molecular weight excluding hydrogens is 224 g/mol. The molecule has 0 aromatic heterocycles. The van der Waals surface area contributed by atoms with Gasteiger partial charge in [-0.05, 0) is 30.7 Å². The van der Waals surface area contributed by atoms with Crippen LogP contribution in [0.1, 0.15) is 31.9 Å². The van der Waals surface area contributed by atoms with Crippen molar-refractivity contribution in [3.05, 3.63) is 29.3 Å². The van der Waals surface area contributed by atoms with Gasteiger partial charge in [0.25, 0.3) is 0 Å². The van der Waals surface area contributed by atoms with E-state index >= 15 is 0 Å². The van der Waals surface area contributed by atoms with Crippen LogP contribution in [0.4, 0.5) is 5.69 Å². The molecule has 3 nitrogen and oxygen atoms in total. The van der Waals surface area contributed by atoms with E-state index in [-0.39, 0.29) is 5.91 Å². The number of nitrogens with two attached hydrogens (primary N) is 1. The summed E-state index contributed by atoms with van der Waals surface area (Å²) in [5.74, 6) is 5.82. The molecule has 0 saturated carbocycles. The lowest BCUT2D eigenvalue weighted by atomic mass is 9.95. The number of amides is 1. The van der Waals surface area contributed by atoms with Gasteiger partial charge in [-0.15, -0.1) is 0 Å². The number of carbonyl (C=O) groups excluding carboxylic acids is 1. The van der Waals surface area contributed by atoms with Gasteiger partial charge >= 0.3 is 0 Å². The molecule has 0 aliphatic carbocycles. The average molecular weight is 244 g/mol. The molecule has 0 bridgehead atoms. The highest BCUT2D eigenvalue weighted by atomic mass is 16.2. The van der Waals surface area contributed by atoms with Crippen LogP contribution in [-0.2, 0) is 4.79 Å². The van der Waals surface area contributed by atoms with Crippen LogP contribution in [0, 0.1) is 24.2 Å². The van der Waals surface area contributed by atoms with Gasteiger partial charge in [0.1, 0.15) is 0 Å². The zero-order valence-electron chi connectivity index (χ0n) is 11.4. The SMILES string of the molecule is Cc1cc(NC(=O)C(C)(C)C)ccc1C#CCN. The summed E-state index contributed by atoms with van der Waals surface area (Å²) in [7, 11) is 0. The number of rotatable bonds is 1. The highest BCUT2D eigenvalue weighted by Gasteiger charge is 2.21. The number of benzene rings is 1. The van der Waals surface area contributed by atoms with Crippen LogP contribution in [0.2, 0.25) is 0 Å². The van der Waals surface area contributed by atoms with E-state index in [1.54, 1.807) is 0 Å². The van der Waals surface area contributed by atoms with E-state index in [2.05, 4.69) is 17.2 Å². The van der Waals surface area contributed by atoms with Crippen molar-refractivity contribution >= 4 is 11.6 Å². The summed E-state index contributed by atoms with van der Waals surface area (Å²) in [6, 6.07) is 5.68. The fraction of sp³-hybridized carbons (Fsp3) is 0.400. The predicted octanol–water partition coefficient (Wildman–Crippen LogP) is 2.29. The molecule has 0 aliphatic heterocycles. The van der Waals surface area contributed by atoms with Crippen molar-refractivity contribution in [3.8, 4) is 11.8 Å². The monoisotopic (exact) mass is 244 g/mol. The van der Waals surface area contributed by atoms with E-state index in [4.69, 9.17) is 5.73 Å². The molecule has 1 amide bonds. The van der Waals surface area contributed by atoms with E-state index < -0.39 is 5.41 Å². The highest BCUT2D eigenvalue weighted by molar-refractivity contribution is 5.94. The van der Waals surface area contributed by atoms with Gasteiger partial charge in [0.2, 0.25) is 5.91 Å². The minimum absolute atomic E-state index is 0.00249. The second-order valence-electron chi connectivity index (χ2n) is 5.24. The molecule has 96 valence electrons. The lowest BCUT2D eigenvalue weighted by Crippen LogP contribution is -2.27. The van der Waals surface area contributed by atoms with Crippen LogP contribution >= 0.6 is 0 Å². The Morgan fingerprint density at radius 1 is 1.39 bits per heavy atom. The second kappa shape index (κ2) is 5.70. The molecule has 0 heterocycles. The summed E-state index contributed by atoms with van der Waals surface area (Å²) in [4.78, 5) is 11.8. The first-order valence-electron chi connectivity index (χ1n) is 5.95. The van der Waals surface area contributed by atoms with Crippen LogP contribution in [0.5, 0.6) is 0 Å². The summed E-state index contributed by atoms with van der Waals surface area (Å²) >= 11 is 0. The zero-order valence-corrected chi connectivity index (χ0v) is 11.4. The van der Waals surface area contributed by atoms with E-state index in [1.807, 2.05) is 45.9 Å². The number of aryl methyl sites for hydroxylation is 1. The number of nitrogens with one attached hydrogen (secondary N) is 1. The topological polar surface area (TPSA) is 55.1 Å². The fourth-order valence-electron chi connectivity index (χ4n) is 1.35. The lowest BCUT2D eigenvalue weighted by Gasteiger charge is -2.18. The Morgan fingerprint density at radius 2 is 2.06 bits per heavy atom. The summed E-state index contributed by atoms with van der Waals surface area (Å²) in [5, 5.41) is 2.89. The number of anilines is 1. The van der Waals surface area contributed by atoms with Crippen LogP contribution in [-0.4, -0.2) is 12.5 Å². The third kappa shape index (κ3) is 3.90. The number of hydrogen-bond acceptors (Lipinski definition) is 2. The minimum Gasteiger partial charge on any atom is -0.326 e. The largest absolute Gasteiger partial charge is 0.326 e. The Morgan fingerprint density at radius 3 is 2.56 bits per heavy atom. The van der Waals surface area contributed by atoms with Crippen LogP contribution < -0.4 is 11.1 Å². The molecule has 3 heteroatoms. The Hall–Kier alpha value is -1.79. The second-order valence-corrected chi connectivity index (χ2v) is 5.24. The third-order valence-corrected chi connectivity index (χ3v) is 2.49. The van der Waals surface area contributed by atoms with Crippen molar-refractivity contribution in [1.82, 2.24) is 0 Å². The molecule has 1 aromatic carbocycles. The smallest absolute Gasteiger partial charge is 0.229 e. The van der Waals surface area contributed by atoms with Gasteiger partial charge in [0, 0.05) is 16.7 Å². The fourth-order valence-corrected chi connectivity index (χ4v) is 1.35. The van der Waals surface area contributed by atoms with Crippen molar-refractivity contribution in [2.75, 3.05) is 11.9 Å². The van der Waals surface area contributed by atoms with Gasteiger partial charge in [0.15, 0.2) is 0 Å². The van der Waals surface area contributed by atoms with Gasteiger partial charge < -0.3 is 11.1 Å². The molecule has 0 spiro atoms. The van der Waals surface area contributed by atoms with E-state index in [9.17, 15) is 4.79 Å². The maximum Gasteiger partial charge on any atom is 0.229 e.